The topological polar surface area (TPSA) is 71.8 Å². The number of carbonyl (C=O) groups is 1. The van der Waals surface area contributed by atoms with Crippen molar-refractivity contribution in [2.75, 3.05) is 0 Å². The molecule has 1 fully saturated rings. The predicted molar refractivity (Wildman–Crippen MR) is 69.9 cm³/mol. The van der Waals surface area contributed by atoms with Gasteiger partial charge in [0.05, 0.1) is 0 Å². The van der Waals surface area contributed by atoms with E-state index in [1.807, 2.05) is 6.08 Å². The minimum Gasteiger partial charge on any atom is -0.364 e. The summed E-state index contributed by atoms with van der Waals surface area (Å²) in [6.07, 6.45) is 12.4. The van der Waals surface area contributed by atoms with Crippen molar-refractivity contribution in [2.45, 2.75) is 32.1 Å². The third-order valence-electron chi connectivity index (χ3n) is 3.93. The molecule has 2 aliphatic carbocycles. The molecule has 18 heavy (non-hydrogen) atoms. The van der Waals surface area contributed by atoms with E-state index >= 15 is 0 Å². The summed E-state index contributed by atoms with van der Waals surface area (Å²) >= 11 is 0. The van der Waals surface area contributed by atoms with Crippen LogP contribution in [0.15, 0.2) is 17.7 Å². The van der Waals surface area contributed by atoms with E-state index in [0.717, 1.165) is 17.7 Å². The molecule has 4 nitrogen and oxygen atoms in total. The van der Waals surface area contributed by atoms with E-state index in [0.29, 0.717) is 11.6 Å². The Morgan fingerprint density at radius 2 is 2.11 bits per heavy atom. The number of fused-ring (bicyclic) bond motifs is 1. The first-order valence-corrected chi connectivity index (χ1v) is 6.51. The van der Waals surface area contributed by atoms with E-state index in [1.54, 1.807) is 0 Å². The number of primary amides is 1. The van der Waals surface area contributed by atoms with E-state index in [9.17, 15) is 4.79 Å². The Kier molecular flexibility index (Phi) is 2.78. The molecule has 1 amide bonds. The number of nitrogens with zero attached hydrogens (tertiary/aromatic N) is 1. The smallest absolute Gasteiger partial charge is 0.269 e. The lowest BCUT2D eigenvalue weighted by molar-refractivity contribution is 0.0995. The molecule has 1 aromatic heterocycles. The number of aromatic amines is 1. The standard InChI is InChI=1S/C14H17N3O/c15-14(18)13-11-7-5-10(9-3-1-2-4-9)6-8-12(11)16-17-13/h5-7,9H,1-4,8H2,(H2,15,18)(H,16,17). The molecule has 0 bridgehead atoms. The van der Waals surface area contributed by atoms with Gasteiger partial charge in [0, 0.05) is 17.7 Å². The molecule has 4 heteroatoms. The monoisotopic (exact) mass is 243 g/mol. The normalized spacial score (nSPS) is 19.4. The molecule has 0 aliphatic heterocycles. The van der Waals surface area contributed by atoms with Crippen molar-refractivity contribution < 1.29 is 4.79 Å². The fourth-order valence-electron chi connectivity index (χ4n) is 2.94. The van der Waals surface area contributed by atoms with Crippen LogP contribution >= 0.6 is 0 Å². The minimum absolute atomic E-state index is 0.349. The number of hydrogen-bond donors (Lipinski definition) is 2. The van der Waals surface area contributed by atoms with Crippen molar-refractivity contribution in [3.63, 3.8) is 0 Å². The van der Waals surface area contributed by atoms with Gasteiger partial charge in [-0.05, 0) is 24.3 Å². The maximum Gasteiger partial charge on any atom is 0.269 e. The molecule has 2 aliphatic rings. The van der Waals surface area contributed by atoms with Crippen LogP contribution in [0.2, 0.25) is 0 Å². The van der Waals surface area contributed by atoms with Gasteiger partial charge in [-0.2, -0.15) is 5.10 Å². The number of allylic oxidation sites excluding steroid dienone is 3. The number of hydrogen-bond acceptors (Lipinski definition) is 2. The second-order valence-corrected chi connectivity index (χ2v) is 5.05. The summed E-state index contributed by atoms with van der Waals surface area (Å²) in [7, 11) is 0. The average Bonchev–Trinajstić information content (AvgIpc) is 2.96. The van der Waals surface area contributed by atoms with E-state index < -0.39 is 5.91 Å². The highest BCUT2D eigenvalue weighted by Gasteiger charge is 2.21. The Labute approximate surface area is 106 Å². The number of nitrogens with two attached hydrogens (primary N) is 1. The number of amides is 1. The van der Waals surface area contributed by atoms with Crippen molar-refractivity contribution in [2.24, 2.45) is 11.7 Å². The maximum atomic E-state index is 11.3. The van der Waals surface area contributed by atoms with Crippen molar-refractivity contribution >= 4 is 12.0 Å². The van der Waals surface area contributed by atoms with Crippen LogP contribution in [-0.2, 0) is 6.42 Å². The Morgan fingerprint density at radius 3 is 2.83 bits per heavy atom. The zero-order valence-electron chi connectivity index (χ0n) is 10.3. The molecule has 94 valence electrons. The van der Waals surface area contributed by atoms with Crippen LogP contribution in [0.3, 0.4) is 0 Å². The number of nitrogens with one attached hydrogen (secondary N) is 1. The van der Waals surface area contributed by atoms with Crippen LogP contribution in [0.25, 0.3) is 6.08 Å². The van der Waals surface area contributed by atoms with Gasteiger partial charge >= 0.3 is 0 Å². The molecular formula is C14H17N3O. The quantitative estimate of drug-likeness (QED) is 0.835. The highest BCUT2D eigenvalue weighted by molar-refractivity contribution is 5.95. The highest BCUT2D eigenvalue weighted by atomic mass is 16.1. The summed E-state index contributed by atoms with van der Waals surface area (Å²) in [5.74, 6) is 0.219. The van der Waals surface area contributed by atoms with Gasteiger partial charge in [-0.1, -0.05) is 31.1 Å². The first kappa shape index (κ1) is 11.3. The molecule has 0 aromatic carbocycles. The molecule has 1 aromatic rings. The molecule has 0 saturated heterocycles. The summed E-state index contributed by atoms with van der Waals surface area (Å²) in [4.78, 5) is 11.3. The van der Waals surface area contributed by atoms with Crippen LogP contribution in [0, 0.1) is 5.92 Å². The van der Waals surface area contributed by atoms with Crippen LogP contribution in [0.5, 0.6) is 0 Å². The third-order valence-corrected chi connectivity index (χ3v) is 3.93. The van der Waals surface area contributed by atoms with Crippen molar-refractivity contribution in [1.82, 2.24) is 10.2 Å². The Morgan fingerprint density at radius 1 is 1.33 bits per heavy atom. The van der Waals surface area contributed by atoms with Gasteiger partial charge in [0.25, 0.3) is 5.91 Å². The summed E-state index contributed by atoms with van der Waals surface area (Å²) < 4.78 is 0. The molecule has 3 rings (SSSR count). The largest absolute Gasteiger partial charge is 0.364 e. The van der Waals surface area contributed by atoms with E-state index in [4.69, 9.17) is 5.73 Å². The Hall–Kier alpha value is -1.84. The van der Waals surface area contributed by atoms with Gasteiger partial charge in [-0.25, -0.2) is 0 Å². The zero-order chi connectivity index (χ0) is 12.5. The van der Waals surface area contributed by atoms with Crippen LogP contribution in [0.1, 0.15) is 47.4 Å². The molecular weight excluding hydrogens is 226 g/mol. The fraction of sp³-hybridized carbons (Fsp3) is 0.429. The van der Waals surface area contributed by atoms with Gasteiger partial charge in [0.2, 0.25) is 0 Å². The van der Waals surface area contributed by atoms with Crippen molar-refractivity contribution in [3.05, 3.63) is 34.7 Å². The van der Waals surface area contributed by atoms with Gasteiger partial charge in [-0.15, -0.1) is 0 Å². The predicted octanol–water partition coefficient (Wildman–Crippen LogP) is 2.19. The first-order valence-electron chi connectivity index (χ1n) is 6.51. The summed E-state index contributed by atoms with van der Waals surface area (Å²) in [6.45, 7) is 0. The van der Waals surface area contributed by atoms with Gasteiger partial charge in [0.1, 0.15) is 0 Å². The van der Waals surface area contributed by atoms with Crippen LogP contribution < -0.4 is 5.73 Å². The summed E-state index contributed by atoms with van der Waals surface area (Å²) in [5, 5.41) is 6.89. The minimum atomic E-state index is -0.471. The van der Waals surface area contributed by atoms with Crippen LogP contribution in [-0.4, -0.2) is 16.1 Å². The highest BCUT2D eigenvalue weighted by Crippen LogP contribution is 2.33. The second kappa shape index (κ2) is 4.44. The Balaban J connectivity index is 1.90. The van der Waals surface area contributed by atoms with Crippen LogP contribution in [0.4, 0.5) is 0 Å². The van der Waals surface area contributed by atoms with E-state index in [2.05, 4.69) is 22.3 Å². The molecule has 1 saturated carbocycles. The summed E-state index contributed by atoms with van der Waals surface area (Å²) in [5.41, 5.74) is 8.90. The average molecular weight is 243 g/mol. The zero-order valence-corrected chi connectivity index (χ0v) is 10.3. The second-order valence-electron chi connectivity index (χ2n) is 5.05. The van der Waals surface area contributed by atoms with Gasteiger partial charge < -0.3 is 5.73 Å². The first-order chi connectivity index (χ1) is 8.75. The summed E-state index contributed by atoms with van der Waals surface area (Å²) in [6, 6.07) is 0. The SMILES string of the molecule is NC(=O)c1n[nH]c2c1C=CC(C1CCCC1)=CC2. The molecule has 3 N–H and O–H groups in total. The lowest BCUT2D eigenvalue weighted by Crippen LogP contribution is -2.12. The lowest BCUT2D eigenvalue weighted by Gasteiger charge is -2.09. The molecule has 0 unspecified atom stereocenters. The van der Waals surface area contributed by atoms with Crippen molar-refractivity contribution in [1.29, 1.82) is 0 Å². The number of rotatable bonds is 2. The molecule has 0 radical (unpaired) electrons. The van der Waals surface area contributed by atoms with E-state index in [1.165, 1.54) is 31.3 Å². The molecule has 1 heterocycles. The van der Waals surface area contributed by atoms with Gasteiger partial charge in [-0.3, -0.25) is 9.89 Å². The molecule has 0 atom stereocenters. The lowest BCUT2D eigenvalue weighted by atomic mass is 9.96. The fourth-order valence-corrected chi connectivity index (χ4v) is 2.94. The molecule has 0 spiro atoms. The number of carbonyl (C=O) groups excluding carboxylic acids is 1. The van der Waals surface area contributed by atoms with Gasteiger partial charge in [0.15, 0.2) is 5.69 Å². The van der Waals surface area contributed by atoms with E-state index in [-0.39, 0.29) is 0 Å². The number of aromatic nitrogens is 2. The Bertz CT molecular complexity index is 533. The maximum absolute atomic E-state index is 11.3. The number of H-pyrrole nitrogens is 1. The van der Waals surface area contributed by atoms with Crippen molar-refractivity contribution in [3.8, 4) is 0 Å². The third kappa shape index (κ3) is 1.88.